The highest BCUT2D eigenvalue weighted by molar-refractivity contribution is 5.01. The van der Waals surface area contributed by atoms with Crippen LogP contribution >= 0.6 is 0 Å². The Hall–Kier alpha value is -1.12. The first-order chi connectivity index (χ1) is 24.1. The number of unbranched alkanes of at least 4 members (excludes halogenated alkanes) is 18. The van der Waals surface area contributed by atoms with E-state index in [0.717, 1.165) is 25.2 Å². The van der Waals surface area contributed by atoms with Crippen molar-refractivity contribution in [1.29, 1.82) is 0 Å². The van der Waals surface area contributed by atoms with E-state index in [4.69, 9.17) is 9.47 Å². The highest BCUT2D eigenvalue weighted by atomic mass is 16.8. The third kappa shape index (κ3) is 18.3. The van der Waals surface area contributed by atoms with Gasteiger partial charge >= 0.3 is 0 Å². The quantitative estimate of drug-likeness (QED) is 0.0556. The summed E-state index contributed by atoms with van der Waals surface area (Å²) in [6.45, 7) is 6.92. The molecule has 282 valence electrons. The summed E-state index contributed by atoms with van der Waals surface area (Å²) >= 11 is 0. The third-order valence-corrected chi connectivity index (χ3v) is 11.9. The van der Waals surface area contributed by atoms with Gasteiger partial charge in [0.1, 0.15) is 0 Å². The Kier molecular flexibility index (Phi) is 23.0. The molecule has 2 saturated carbocycles. The molecule has 0 amide bonds. The molecule has 49 heavy (non-hydrogen) atoms. The van der Waals surface area contributed by atoms with Crippen LogP contribution in [-0.2, 0) is 9.47 Å². The van der Waals surface area contributed by atoms with Crippen LogP contribution < -0.4 is 0 Å². The highest BCUT2D eigenvalue weighted by Gasteiger charge is 2.57. The molecule has 2 heteroatoms. The Morgan fingerprint density at radius 1 is 0.469 bits per heavy atom. The van der Waals surface area contributed by atoms with Crippen molar-refractivity contribution in [3.63, 3.8) is 0 Å². The number of rotatable bonds is 30. The second kappa shape index (κ2) is 26.6. The van der Waals surface area contributed by atoms with Crippen LogP contribution in [-0.4, -0.2) is 18.0 Å². The zero-order valence-electron chi connectivity index (χ0n) is 33.1. The van der Waals surface area contributed by atoms with Gasteiger partial charge in [0.25, 0.3) is 0 Å². The van der Waals surface area contributed by atoms with E-state index in [9.17, 15) is 0 Å². The van der Waals surface area contributed by atoms with Crippen LogP contribution in [0.3, 0.4) is 0 Å². The number of hydrogen-bond donors (Lipinski definition) is 0. The lowest BCUT2D eigenvalue weighted by molar-refractivity contribution is -0.182. The van der Waals surface area contributed by atoms with Gasteiger partial charge in [-0.05, 0) is 108 Å². The van der Waals surface area contributed by atoms with E-state index in [2.05, 4.69) is 69.4 Å². The molecule has 0 radical (unpaired) electrons. The standard InChI is InChI=1S/C47H82O2/c1-4-6-8-10-12-14-16-18-20-22-24-26-28-30-32-34-36-46(38-39-47(42-46)48-44-40-43(3)41-45(44)49-47)37-35-33-31-29-27-25-23-21-19-17-15-13-11-9-7-5-2/h12-15,18-21,43-45H,4-11,16-17,22-42H2,1-3H3/b14-12-,15-13-,20-18-,21-19-. The lowest BCUT2D eigenvalue weighted by atomic mass is 9.76. The van der Waals surface area contributed by atoms with Gasteiger partial charge in [0.15, 0.2) is 5.79 Å². The molecule has 3 rings (SSSR count). The molecule has 2 unspecified atom stereocenters. The van der Waals surface area contributed by atoms with E-state index >= 15 is 0 Å². The SMILES string of the molecule is CCCCC/C=C\C/C=C\CCCCCCCCC1(CCCCCCCC/C=C\C/C=C\CCCCC)CCC2(C1)OC1CC(C)CC1O2. The van der Waals surface area contributed by atoms with Crippen LogP contribution in [0.4, 0.5) is 0 Å². The summed E-state index contributed by atoms with van der Waals surface area (Å²) in [4.78, 5) is 0. The van der Waals surface area contributed by atoms with Crippen LogP contribution in [0.5, 0.6) is 0 Å². The lowest BCUT2D eigenvalue weighted by Gasteiger charge is -2.32. The van der Waals surface area contributed by atoms with Gasteiger partial charge in [-0.1, -0.05) is 159 Å². The maximum absolute atomic E-state index is 6.78. The van der Waals surface area contributed by atoms with E-state index in [1.807, 2.05) is 0 Å². The Morgan fingerprint density at radius 3 is 1.29 bits per heavy atom. The van der Waals surface area contributed by atoms with E-state index in [1.165, 1.54) is 180 Å². The van der Waals surface area contributed by atoms with Crippen molar-refractivity contribution < 1.29 is 9.47 Å². The average molecular weight is 679 g/mol. The fourth-order valence-corrected chi connectivity index (χ4v) is 8.95. The molecular formula is C47H82O2. The third-order valence-electron chi connectivity index (χ3n) is 11.9. The van der Waals surface area contributed by atoms with Crippen molar-refractivity contribution in [1.82, 2.24) is 0 Å². The van der Waals surface area contributed by atoms with Crippen LogP contribution in [0, 0.1) is 11.3 Å². The molecule has 0 aromatic rings. The monoisotopic (exact) mass is 679 g/mol. The average Bonchev–Trinajstić information content (AvgIpc) is 3.73. The minimum absolute atomic E-state index is 0.244. The fourth-order valence-electron chi connectivity index (χ4n) is 8.95. The first-order valence-electron chi connectivity index (χ1n) is 22.1. The molecule has 2 atom stereocenters. The molecule has 3 aliphatic rings. The van der Waals surface area contributed by atoms with Crippen LogP contribution in [0.25, 0.3) is 0 Å². The van der Waals surface area contributed by atoms with Crippen molar-refractivity contribution in [3.05, 3.63) is 48.6 Å². The molecule has 3 fully saturated rings. The molecule has 0 aromatic carbocycles. The summed E-state index contributed by atoms with van der Waals surface area (Å²) in [5, 5.41) is 0. The topological polar surface area (TPSA) is 18.5 Å². The van der Waals surface area contributed by atoms with E-state index in [0.29, 0.717) is 17.6 Å². The van der Waals surface area contributed by atoms with Crippen LogP contribution in [0.15, 0.2) is 48.6 Å². The highest BCUT2D eigenvalue weighted by Crippen LogP contribution is 2.57. The first-order valence-corrected chi connectivity index (χ1v) is 22.1. The Labute approximate surface area is 306 Å². The number of ether oxygens (including phenoxy) is 2. The fraction of sp³-hybridized carbons (Fsp3) is 0.830. The molecule has 1 aliphatic heterocycles. The van der Waals surface area contributed by atoms with Crippen molar-refractivity contribution in [2.75, 3.05) is 0 Å². The number of fused-ring (bicyclic) bond motifs is 1. The van der Waals surface area contributed by atoms with E-state index in [1.54, 1.807) is 0 Å². The second-order valence-electron chi connectivity index (χ2n) is 16.6. The maximum atomic E-state index is 6.78. The van der Waals surface area contributed by atoms with Gasteiger partial charge in [0.2, 0.25) is 0 Å². The van der Waals surface area contributed by atoms with Gasteiger partial charge in [-0.3, -0.25) is 0 Å². The summed E-state index contributed by atoms with van der Waals surface area (Å²) in [7, 11) is 0. The Bertz CT molecular complexity index is 849. The van der Waals surface area contributed by atoms with Crippen molar-refractivity contribution in [2.45, 2.75) is 238 Å². The molecule has 2 aliphatic carbocycles. The summed E-state index contributed by atoms with van der Waals surface area (Å²) < 4.78 is 13.6. The zero-order chi connectivity index (χ0) is 34.7. The van der Waals surface area contributed by atoms with E-state index in [-0.39, 0.29) is 5.79 Å². The van der Waals surface area contributed by atoms with E-state index < -0.39 is 0 Å². The predicted octanol–water partition coefficient (Wildman–Crippen LogP) is 15.5. The predicted molar refractivity (Wildman–Crippen MR) is 215 cm³/mol. The maximum Gasteiger partial charge on any atom is 0.169 e. The minimum atomic E-state index is -0.244. The van der Waals surface area contributed by atoms with Gasteiger partial charge < -0.3 is 9.47 Å². The smallest absolute Gasteiger partial charge is 0.169 e. The molecule has 0 N–H and O–H groups in total. The Balaban J connectivity index is 1.26. The van der Waals surface area contributed by atoms with Gasteiger partial charge in [0, 0.05) is 12.8 Å². The van der Waals surface area contributed by atoms with Crippen molar-refractivity contribution in [2.24, 2.45) is 11.3 Å². The van der Waals surface area contributed by atoms with Gasteiger partial charge in [-0.15, -0.1) is 0 Å². The zero-order valence-corrected chi connectivity index (χ0v) is 33.1. The molecule has 2 nitrogen and oxygen atoms in total. The van der Waals surface area contributed by atoms with Gasteiger partial charge in [0.05, 0.1) is 12.2 Å². The first kappa shape index (κ1) is 42.3. The Morgan fingerprint density at radius 2 is 0.857 bits per heavy atom. The van der Waals surface area contributed by atoms with Crippen molar-refractivity contribution >= 4 is 0 Å². The van der Waals surface area contributed by atoms with Gasteiger partial charge in [-0.2, -0.15) is 0 Å². The van der Waals surface area contributed by atoms with Gasteiger partial charge in [-0.25, -0.2) is 0 Å². The number of allylic oxidation sites excluding steroid dienone is 8. The molecule has 0 bridgehead atoms. The summed E-state index contributed by atoms with van der Waals surface area (Å²) in [6.07, 6.45) is 60.5. The molecule has 1 heterocycles. The van der Waals surface area contributed by atoms with Crippen LogP contribution in [0.2, 0.25) is 0 Å². The molecule has 0 aromatic heterocycles. The minimum Gasteiger partial charge on any atom is -0.344 e. The summed E-state index contributed by atoms with van der Waals surface area (Å²) in [5.74, 6) is 0.515. The lowest BCUT2D eigenvalue weighted by Crippen LogP contribution is -2.31. The van der Waals surface area contributed by atoms with Crippen molar-refractivity contribution in [3.8, 4) is 0 Å². The molecule has 1 saturated heterocycles. The normalized spacial score (nSPS) is 25.1. The summed E-state index contributed by atoms with van der Waals surface area (Å²) in [5.41, 5.74) is 0.453. The molecular weight excluding hydrogens is 597 g/mol. The van der Waals surface area contributed by atoms with Crippen LogP contribution in [0.1, 0.15) is 220 Å². The summed E-state index contributed by atoms with van der Waals surface area (Å²) in [6, 6.07) is 0. The second-order valence-corrected chi connectivity index (χ2v) is 16.6. The molecule has 1 spiro atoms. The largest absolute Gasteiger partial charge is 0.344 e. The number of hydrogen-bond acceptors (Lipinski definition) is 2.